The van der Waals surface area contributed by atoms with Gasteiger partial charge in [-0.1, -0.05) is 35.8 Å². The van der Waals surface area contributed by atoms with Gasteiger partial charge in [0.1, 0.15) is 6.61 Å². The Hall–Kier alpha value is -1.31. The van der Waals surface area contributed by atoms with E-state index in [0.29, 0.717) is 13.0 Å². The molecule has 0 heterocycles. The number of allylic oxidation sites excluding steroid dienone is 5. The number of ether oxygens (including phenoxy) is 1. The number of carbonyl (C=O) groups is 1. The topological polar surface area (TPSA) is 26.3 Å². The van der Waals surface area contributed by atoms with Crippen molar-refractivity contribution in [3.63, 3.8) is 0 Å². The van der Waals surface area contributed by atoms with E-state index in [1.807, 2.05) is 13.0 Å². The highest BCUT2D eigenvalue weighted by molar-refractivity contribution is 5.69. The van der Waals surface area contributed by atoms with E-state index in [1.165, 1.54) is 16.7 Å². The van der Waals surface area contributed by atoms with E-state index in [0.717, 1.165) is 32.1 Å². The van der Waals surface area contributed by atoms with E-state index < -0.39 is 0 Å². The first kappa shape index (κ1) is 19.7. The van der Waals surface area contributed by atoms with Crippen LogP contribution in [0.4, 0.5) is 0 Å². The number of hydrogen-bond acceptors (Lipinski definition) is 2. The van der Waals surface area contributed by atoms with Crippen LogP contribution in [0, 0.1) is 0 Å². The van der Waals surface area contributed by atoms with Gasteiger partial charge in [-0.25, -0.2) is 0 Å². The summed E-state index contributed by atoms with van der Waals surface area (Å²) in [5.41, 5.74) is 4.13. The van der Waals surface area contributed by atoms with Gasteiger partial charge in [0.25, 0.3) is 0 Å². The van der Waals surface area contributed by atoms with Gasteiger partial charge in [0.05, 0.1) is 0 Å². The summed E-state index contributed by atoms with van der Waals surface area (Å²) in [5.74, 6) is -0.100. The Bertz CT molecular complexity index is 382. The average molecular weight is 292 g/mol. The molecule has 21 heavy (non-hydrogen) atoms. The molecule has 0 spiro atoms. The standard InChI is InChI=1S/C19H32O2/c1-6-9-19(20)21-15-14-18(5)13-8-12-17(4)11-7-10-16(2)3/h10,12,14H,6-9,11,13,15H2,1-5H3/b17-12+,18-14+. The summed E-state index contributed by atoms with van der Waals surface area (Å²) in [6.07, 6.45) is 12.3. The van der Waals surface area contributed by atoms with Gasteiger partial charge in [0.2, 0.25) is 0 Å². The van der Waals surface area contributed by atoms with Gasteiger partial charge in [0.15, 0.2) is 0 Å². The van der Waals surface area contributed by atoms with Gasteiger partial charge in [-0.05, 0) is 65.9 Å². The highest BCUT2D eigenvalue weighted by atomic mass is 16.5. The summed E-state index contributed by atoms with van der Waals surface area (Å²) in [6, 6.07) is 0. The Morgan fingerprint density at radius 1 is 0.857 bits per heavy atom. The lowest BCUT2D eigenvalue weighted by Gasteiger charge is -2.03. The van der Waals surface area contributed by atoms with E-state index in [1.54, 1.807) is 0 Å². The molecule has 0 aliphatic carbocycles. The van der Waals surface area contributed by atoms with Crippen LogP contribution in [0.2, 0.25) is 0 Å². The molecule has 2 heteroatoms. The zero-order chi connectivity index (χ0) is 16.1. The van der Waals surface area contributed by atoms with Gasteiger partial charge in [-0.3, -0.25) is 4.79 Å². The Labute approximate surface area is 131 Å². The fourth-order valence-electron chi connectivity index (χ4n) is 1.89. The first-order chi connectivity index (χ1) is 9.95. The second-order valence-corrected chi connectivity index (χ2v) is 5.89. The summed E-state index contributed by atoms with van der Waals surface area (Å²) in [6.45, 7) is 11.0. The predicted octanol–water partition coefficient (Wildman–Crippen LogP) is 5.75. The molecule has 120 valence electrons. The zero-order valence-electron chi connectivity index (χ0n) is 14.5. The third kappa shape index (κ3) is 13.4. The van der Waals surface area contributed by atoms with Crippen LogP contribution < -0.4 is 0 Å². The maximum Gasteiger partial charge on any atom is 0.306 e. The minimum atomic E-state index is -0.100. The van der Waals surface area contributed by atoms with Crippen LogP contribution in [0.3, 0.4) is 0 Å². The molecule has 0 unspecified atom stereocenters. The SMILES string of the molecule is CCCC(=O)OC/C=C(\C)CC/C=C(\C)CCC=C(C)C. The molecule has 0 rings (SSSR count). The lowest BCUT2D eigenvalue weighted by Crippen LogP contribution is -2.03. The molecule has 0 aromatic rings. The van der Waals surface area contributed by atoms with Crippen LogP contribution >= 0.6 is 0 Å². The predicted molar refractivity (Wildman–Crippen MR) is 91.3 cm³/mol. The van der Waals surface area contributed by atoms with E-state index in [-0.39, 0.29) is 5.97 Å². The maximum atomic E-state index is 11.2. The Kier molecular flexibility index (Phi) is 11.7. The van der Waals surface area contributed by atoms with Crippen LogP contribution in [-0.4, -0.2) is 12.6 Å². The van der Waals surface area contributed by atoms with Crippen LogP contribution in [0.25, 0.3) is 0 Å². The van der Waals surface area contributed by atoms with Crippen molar-refractivity contribution in [2.75, 3.05) is 6.61 Å². The lowest BCUT2D eigenvalue weighted by atomic mass is 10.1. The molecule has 0 aliphatic heterocycles. The van der Waals surface area contributed by atoms with Crippen LogP contribution in [0.1, 0.15) is 73.1 Å². The van der Waals surface area contributed by atoms with Crippen molar-refractivity contribution in [2.45, 2.75) is 73.1 Å². The van der Waals surface area contributed by atoms with E-state index >= 15 is 0 Å². The molecule has 0 N–H and O–H groups in total. The molecule has 0 amide bonds. The quantitative estimate of drug-likeness (QED) is 0.378. The molecular formula is C19H32O2. The number of esters is 1. The molecular weight excluding hydrogens is 260 g/mol. The summed E-state index contributed by atoms with van der Waals surface area (Å²) in [4.78, 5) is 11.2. The van der Waals surface area contributed by atoms with Gasteiger partial charge in [-0.2, -0.15) is 0 Å². The Balaban J connectivity index is 3.88. The van der Waals surface area contributed by atoms with Crippen molar-refractivity contribution in [2.24, 2.45) is 0 Å². The van der Waals surface area contributed by atoms with Crippen LogP contribution in [0.5, 0.6) is 0 Å². The maximum absolute atomic E-state index is 11.2. The van der Waals surface area contributed by atoms with E-state index in [2.05, 4.69) is 39.8 Å². The summed E-state index contributed by atoms with van der Waals surface area (Å²) in [7, 11) is 0. The minimum absolute atomic E-state index is 0.100. The largest absolute Gasteiger partial charge is 0.461 e. The van der Waals surface area contributed by atoms with Crippen molar-refractivity contribution in [3.05, 3.63) is 34.9 Å². The normalized spacial score (nSPS) is 12.2. The second kappa shape index (κ2) is 12.4. The van der Waals surface area contributed by atoms with Gasteiger partial charge in [-0.15, -0.1) is 0 Å². The van der Waals surface area contributed by atoms with Crippen molar-refractivity contribution in [1.29, 1.82) is 0 Å². The fourth-order valence-corrected chi connectivity index (χ4v) is 1.89. The molecule has 0 atom stereocenters. The van der Waals surface area contributed by atoms with E-state index in [4.69, 9.17) is 4.74 Å². The minimum Gasteiger partial charge on any atom is -0.461 e. The Morgan fingerprint density at radius 3 is 2.00 bits per heavy atom. The van der Waals surface area contributed by atoms with Crippen molar-refractivity contribution in [1.82, 2.24) is 0 Å². The number of hydrogen-bond donors (Lipinski definition) is 0. The smallest absolute Gasteiger partial charge is 0.306 e. The molecule has 0 bridgehead atoms. The van der Waals surface area contributed by atoms with Crippen molar-refractivity contribution in [3.8, 4) is 0 Å². The fraction of sp³-hybridized carbons (Fsp3) is 0.632. The van der Waals surface area contributed by atoms with Crippen molar-refractivity contribution >= 4 is 5.97 Å². The molecule has 0 aromatic carbocycles. The molecule has 2 nitrogen and oxygen atoms in total. The third-order valence-corrected chi connectivity index (χ3v) is 3.25. The van der Waals surface area contributed by atoms with E-state index in [9.17, 15) is 4.79 Å². The molecule has 0 radical (unpaired) electrons. The highest BCUT2D eigenvalue weighted by Gasteiger charge is 1.98. The number of rotatable bonds is 10. The highest BCUT2D eigenvalue weighted by Crippen LogP contribution is 2.11. The van der Waals surface area contributed by atoms with Gasteiger partial charge in [0, 0.05) is 6.42 Å². The lowest BCUT2D eigenvalue weighted by molar-refractivity contribution is -0.142. The first-order valence-electron chi connectivity index (χ1n) is 8.06. The van der Waals surface area contributed by atoms with Gasteiger partial charge >= 0.3 is 5.97 Å². The van der Waals surface area contributed by atoms with Crippen LogP contribution in [-0.2, 0) is 9.53 Å². The number of carbonyl (C=O) groups excluding carboxylic acids is 1. The molecule has 0 fully saturated rings. The first-order valence-corrected chi connectivity index (χ1v) is 8.06. The zero-order valence-corrected chi connectivity index (χ0v) is 14.5. The summed E-state index contributed by atoms with van der Waals surface area (Å²) < 4.78 is 5.12. The summed E-state index contributed by atoms with van der Waals surface area (Å²) in [5, 5.41) is 0. The van der Waals surface area contributed by atoms with Gasteiger partial charge < -0.3 is 4.74 Å². The molecule has 0 aliphatic rings. The Morgan fingerprint density at radius 2 is 1.43 bits per heavy atom. The average Bonchev–Trinajstić information content (AvgIpc) is 2.38. The molecule has 0 aromatic heterocycles. The molecule has 0 saturated carbocycles. The van der Waals surface area contributed by atoms with Crippen molar-refractivity contribution < 1.29 is 9.53 Å². The summed E-state index contributed by atoms with van der Waals surface area (Å²) >= 11 is 0. The third-order valence-electron chi connectivity index (χ3n) is 3.25. The second-order valence-electron chi connectivity index (χ2n) is 5.89. The molecule has 0 saturated heterocycles. The monoisotopic (exact) mass is 292 g/mol. The van der Waals surface area contributed by atoms with Crippen LogP contribution in [0.15, 0.2) is 34.9 Å².